The topological polar surface area (TPSA) is 133 Å². The average molecular weight is 484 g/mol. The quantitative estimate of drug-likeness (QED) is 0.462. The summed E-state index contributed by atoms with van der Waals surface area (Å²) in [4.78, 5) is 18.0. The summed E-state index contributed by atoms with van der Waals surface area (Å²) in [7, 11) is -3.14. The number of aryl methyl sites for hydroxylation is 1. The molecule has 1 aliphatic heterocycles. The molecule has 0 radical (unpaired) electrons. The van der Waals surface area contributed by atoms with Gasteiger partial charge in [0.2, 0.25) is 0 Å². The number of carbonyl (C=O) groups excluding carboxylic acids is 1. The zero-order chi connectivity index (χ0) is 24.3. The molecule has 0 spiro atoms. The second-order valence-electron chi connectivity index (χ2n) is 9.60. The van der Waals surface area contributed by atoms with Crippen LogP contribution in [0.2, 0.25) is 0 Å². The lowest BCUT2D eigenvalue weighted by Gasteiger charge is -2.15. The third-order valence-electron chi connectivity index (χ3n) is 5.94. The van der Waals surface area contributed by atoms with Crippen molar-refractivity contribution in [3.8, 4) is 11.5 Å². The van der Waals surface area contributed by atoms with E-state index < -0.39 is 15.7 Å². The molecule has 0 aliphatic carbocycles. The lowest BCUT2D eigenvalue weighted by atomic mass is 9.92. The maximum Gasteiger partial charge on any atom is 0.259 e. The van der Waals surface area contributed by atoms with E-state index in [2.05, 4.69) is 20.6 Å². The van der Waals surface area contributed by atoms with Crippen molar-refractivity contribution in [2.45, 2.75) is 45.6 Å². The van der Waals surface area contributed by atoms with Gasteiger partial charge in [-0.15, -0.1) is 0 Å². The molecule has 1 unspecified atom stereocenters. The third kappa shape index (κ3) is 4.00. The highest BCUT2D eigenvalue weighted by atomic mass is 32.2. The molecule has 1 amide bonds. The van der Waals surface area contributed by atoms with Gasteiger partial charge in [-0.3, -0.25) is 4.79 Å². The van der Waals surface area contributed by atoms with Crippen molar-refractivity contribution < 1.29 is 22.2 Å². The number of aromatic nitrogens is 4. The van der Waals surface area contributed by atoms with Crippen molar-refractivity contribution in [2.75, 3.05) is 16.8 Å². The number of nitrogens with zero attached hydrogens (tertiary/aromatic N) is 4. The monoisotopic (exact) mass is 483 g/mol. The van der Waals surface area contributed by atoms with E-state index in [1.807, 2.05) is 20.8 Å². The van der Waals surface area contributed by atoms with Crippen molar-refractivity contribution in [1.82, 2.24) is 19.9 Å². The van der Waals surface area contributed by atoms with Crippen molar-refractivity contribution in [3.63, 3.8) is 0 Å². The normalized spacial score (nSPS) is 17.9. The van der Waals surface area contributed by atoms with Gasteiger partial charge < -0.3 is 14.3 Å². The first-order valence-electron chi connectivity index (χ1n) is 10.9. The number of furan rings is 1. The summed E-state index contributed by atoms with van der Waals surface area (Å²) >= 11 is 0. The van der Waals surface area contributed by atoms with Gasteiger partial charge in [-0.25, -0.2) is 18.1 Å². The number of anilines is 1. The van der Waals surface area contributed by atoms with Gasteiger partial charge in [0.25, 0.3) is 11.6 Å². The largest absolute Gasteiger partial charge is 0.463 e. The van der Waals surface area contributed by atoms with Crippen molar-refractivity contribution in [3.05, 3.63) is 47.5 Å². The van der Waals surface area contributed by atoms with E-state index in [0.29, 0.717) is 40.3 Å². The highest BCUT2D eigenvalue weighted by molar-refractivity contribution is 7.91. The lowest BCUT2D eigenvalue weighted by molar-refractivity contribution is 0.102. The van der Waals surface area contributed by atoms with E-state index in [-0.39, 0.29) is 28.7 Å². The van der Waals surface area contributed by atoms with E-state index in [0.717, 1.165) is 5.69 Å². The summed E-state index contributed by atoms with van der Waals surface area (Å²) in [5, 5.41) is 12.1. The van der Waals surface area contributed by atoms with Crippen LogP contribution in [0, 0.1) is 6.92 Å². The molecule has 1 fully saturated rings. The Bertz CT molecular complexity index is 1490. The fourth-order valence-electron chi connectivity index (χ4n) is 4.11. The fourth-order valence-corrected chi connectivity index (χ4v) is 5.80. The van der Waals surface area contributed by atoms with Gasteiger partial charge in [-0.2, -0.15) is 5.10 Å². The molecule has 0 saturated carbocycles. The molecule has 5 rings (SSSR count). The first-order chi connectivity index (χ1) is 16.0. The van der Waals surface area contributed by atoms with Crippen LogP contribution in [0.4, 0.5) is 5.82 Å². The number of hydrogen-bond acceptors (Lipinski definition) is 8. The fraction of sp³-hybridized carbons (Fsp3) is 0.391. The van der Waals surface area contributed by atoms with Crippen LogP contribution in [-0.2, 0) is 15.3 Å². The Morgan fingerprint density at radius 1 is 1.26 bits per heavy atom. The molecule has 0 bridgehead atoms. The molecular formula is C23H25N5O5S. The molecule has 11 heteroatoms. The maximum absolute atomic E-state index is 13.6. The van der Waals surface area contributed by atoms with Gasteiger partial charge >= 0.3 is 0 Å². The number of rotatable bonds is 4. The highest BCUT2D eigenvalue weighted by Crippen LogP contribution is 2.32. The van der Waals surface area contributed by atoms with Crippen LogP contribution in [0.3, 0.4) is 0 Å². The molecule has 1 atom stereocenters. The van der Waals surface area contributed by atoms with E-state index >= 15 is 0 Å². The first kappa shape index (κ1) is 22.3. The molecule has 5 heterocycles. The Balaban J connectivity index is 1.57. The van der Waals surface area contributed by atoms with Crippen molar-refractivity contribution in [2.24, 2.45) is 0 Å². The van der Waals surface area contributed by atoms with Crippen LogP contribution in [0.15, 0.2) is 39.5 Å². The minimum absolute atomic E-state index is 0.00592. The standard InChI is InChI=1S/C23H25N5O5S/c1-13-20-15(10-16(17-6-5-8-32-17)24-22(20)33-27-13)21(29)25-19-11-18(23(2,3)4)26-28(19)14-7-9-34(30,31)12-14/h5-6,8,10-11,14H,7,9,12H2,1-4H3,(H,25,29). The number of sulfone groups is 1. The second kappa shape index (κ2) is 7.79. The SMILES string of the molecule is Cc1noc2nc(-c3ccco3)cc(C(=O)Nc3cc(C(C)(C)C)nn3C3CCS(=O)(=O)C3)c12. The molecule has 1 saturated heterocycles. The number of carbonyl (C=O) groups is 1. The van der Waals surface area contributed by atoms with Crippen LogP contribution in [0.25, 0.3) is 22.6 Å². The summed E-state index contributed by atoms with van der Waals surface area (Å²) in [6.07, 6.45) is 1.97. The number of amides is 1. The van der Waals surface area contributed by atoms with Crippen LogP contribution >= 0.6 is 0 Å². The minimum atomic E-state index is -3.14. The van der Waals surface area contributed by atoms with Crippen molar-refractivity contribution >= 4 is 32.7 Å². The predicted molar refractivity (Wildman–Crippen MR) is 125 cm³/mol. The molecule has 178 valence electrons. The molecule has 1 aliphatic rings. The molecule has 4 aromatic rings. The van der Waals surface area contributed by atoms with Gasteiger partial charge in [0.15, 0.2) is 15.6 Å². The van der Waals surface area contributed by atoms with E-state index in [1.54, 1.807) is 35.9 Å². The van der Waals surface area contributed by atoms with Gasteiger partial charge in [0, 0.05) is 11.5 Å². The Hall–Kier alpha value is -3.47. The van der Waals surface area contributed by atoms with Gasteiger partial charge in [0.05, 0.1) is 46.1 Å². The van der Waals surface area contributed by atoms with Gasteiger partial charge in [-0.1, -0.05) is 25.9 Å². The molecule has 0 aromatic carbocycles. The van der Waals surface area contributed by atoms with Crippen LogP contribution in [0.1, 0.15) is 55.0 Å². The molecule has 10 nitrogen and oxygen atoms in total. The zero-order valence-corrected chi connectivity index (χ0v) is 20.1. The van der Waals surface area contributed by atoms with Gasteiger partial charge in [-0.05, 0) is 31.5 Å². The lowest BCUT2D eigenvalue weighted by Crippen LogP contribution is -2.20. The summed E-state index contributed by atoms with van der Waals surface area (Å²) in [5.41, 5.74) is 1.98. The summed E-state index contributed by atoms with van der Waals surface area (Å²) < 4.78 is 36.7. The number of hydrogen-bond donors (Lipinski definition) is 1. The van der Waals surface area contributed by atoms with Crippen LogP contribution in [0.5, 0.6) is 0 Å². The highest BCUT2D eigenvalue weighted by Gasteiger charge is 2.33. The second-order valence-corrected chi connectivity index (χ2v) is 11.8. The first-order valence-corrected chi connectivity index (χ1v) is 12.8. The third-order valence-corrected chi connectivity index (χ3v) is 7.69. The Labute approximate surface area is 196 Å². The van der Waals surface area contributed by atoms with Crippen LogP contribution in [-0.4, -0.2) is 45.8 Å². The number of nitrogens with one attached hydrogen (secondary N) is 1. The summed E-state index contributed by atoms with van der Waals surface area (Å²) in [6.45, 7) is 7.78. The Morgan fingerprint density at radius 3 is 2.71 bits per heavy atom. The number of pyridine rings is 1. The molecule has 1 N–H and O–H groups in total. The average Bonchev–Trinajstić information content (AvgIpc) is 3.54. The molecular weight excluding hydrogens is 458 g/mol. The summed E-state index contributed by atoms with van der Waals surface area (Å²) in [6, 6.07) is 6.56. The smallest absolute Gasteiger partial charge is 0.259 e. The maximum atomic E-state index is 13.6. The molecule has 4 aromatic heterocycles. The molecule has 34 heavy (non-hydrogen) atoms. The summed E-state index contributed by atoms with van der Waals surface area (Å²) in [5.74, 6) is 0.618. The minimum Gasteiger partial charge on any atom is -0.463 e. The van der Waals surface area contributed by atoms with Crippen LogP contribution < -0.4 is 5.32 Å². The number of fused-ring (bicyclic) bond motifs is 1. The van der Waals surface area contributed by atoms with E-state index in [4.69, 9.17) is 8.94 Å². The Morgan fingerprint density at radius 2 is 2.06 bits per heavy atom. The van der Waals surface area contributed by atoms with E-state index in [9.17, 15) is 13.2 Å². The van der Waals surface area contributed by atoms with Crippen molar-refractivity contribution in [1.29, 1.82) is 0 Å². The van der Waals surface area contributed by atoms with E-state index in [1.165, 1.54) is 6.26 Å². The zero-order valence-electron chi connectivity index (χ0n) is 19.3. The Kier molecular flexibility index (Phi) is 5.12. The predicted octanol–water partition coefficient (Wildman–Crippen LogP) is 3.90. The van der Waals surface area contributed by atoms with Gasteiger partial charge in [0.1, 0.15) is 11.5 Å².